The molecule has 1 aliphatic rings. The molecule has 0 bridgehead atoms. The second-order valence-electron chi connectivity index (χ2n) is 7.39. The summed E-state index contributed by atoms with van der Waals surface area (Å²) in [4.78, 5) is 17.7. The largest absolute Gasteiger partial charge is 0.432 e. The van der Waals surface area contributed by atoms with Crippen LogP contribution in [0.2, 0.25) is 0 Å². The van der Waals surface area contributed by atoms with Crippen LogP contribution >= 0.6 is 0 Å². The second kappa shape index (κ2) is 5.99. The maximum Gasteiger partial charge on any atom is 0.229 e. The maximum atomic E-state index is 6.05. The average molecular weight is 361 g/mol. The second-order valence-corrected chi connectivity index (χ2v) is 7.39. The van der Waals surface area contributed by atoms with Crippen LogP contribution in [0.15, 0.2) is 41.3 Å². The standard InChI is InChI=1S/C20H19N5O2/c1-20(2)7-15-13(10-26-20)6-14-16-17(27-19(14)25-15)18(24-11-23-16)22-9-12-4-3-5-21-8-12/h3-6,8,11H,7,9-10H2,1-2H3,(H,22,23,24). The van der Waals surface area contributed by atoms with Crippen molar-refractivity contribution in [2.24, 2.45) is 0 Å². The zero-order valence-electron chi connectivity index (χ0n) is 15.2. The molecule has 7 heteroatoms. The van der Waals surface area contributed by atoms with Gasteiger partial charge in [-0.2, -0.15) is 0 Å². The van der Waals surface area contributed by atoms with E-state index in [0.29, 0.717) is 30.3 Å². The van der Waals surface area contributed by atoms with Crippen LogP contribution in [0.25, 0.3) is 22.2 Å². The van der Waals surface area contributed by atoms with Gasteiger partial charge in [0.05, 0.1) is 23.3 Å². The number of rotatable bonds is 3. The minimum absolute atomic E-state index is 0.212. The van der Waals surface area contributed by atoms with Crippen LogP contribution in [0.4, 0.5) is 5.82 Å². The van der Waals surface area contributed by atoms with E-state index >= 15 is 0 Å². The first kappa shape index (κ1) is 16.1. The minimum Gasteiger partial charge on any atom is -0.432 e. The minimum atomic E-state index is -0.212. The van der Waals surface area contributed by atoms with Gasteiger partial charge < -0.3 is 14.5 Å². The van der Waals surface area contributed by atoms with Crippen molar-refractivity contribution in [2.75, 3.05) is 5.32 Å². The summed E-state index contributed by atoms with van der Waals surface area (Å²) in [7, 11) is 0. The lowest BCUT2D eigenvalue weighted by molar-refractivity contribution is -0.0411. The molecular formula is C20H19N5O2. The Balaban J connectivity index is 1.56. The number of furan rings is 1. The van der Waals surface area contributed by atoms with E-state index in [2.05, 4.69) is 40.2 Å². The number of ether oxygens (including phenoxy) is 1. The van der Waals surface area contributed by atoms with Crippen LogP contribution in [0.5, 0.6) is 0 Å². The Labute approximate surface area is 155 Å². The summed E-state index contributed by atoms with van der Waals surface area (Å²) >= 11 is 0. The summed E-state index contributed by atoms with van der Waals surface area (Å²) < 4.78 is 12.0. The number of aromatic nitrogens is 4. The van der Waals surface area contributed by atoms with Crippen molar-refractivity contribution in [3.05, 3.63) is 53.7 Å². The van der Waals surface area contributed by atoms with Gasteiger partial charge in [-0.15, -0.1) is 0 Å². The molecule has 0 spiro atoms. The fourth-order valence-corrected chi connectivity index (χ4v) is 3.40. The monoisotopic (exact) mass is 361 g/mol. The van der Waals surface area contributed by atoms with Gasteiger partial charge in [-0.05, 0) is 31.5 Å². The summed E-state index contributed by atoms with van der Waals surface area (Å²) in [6.45, 7) is 5.30. The van der Waals surface area contributed by atoms with E-state index in [1.165, 1.54) is 0 Å². The molecule has 1 N–H and O–H groups in total. The normalized spacial score (nSPS) is 15.8. The molecule has 5 rings (SSSR count). The zero-order chi connectivity index (χ0) is 18.4. The quantitative estimate of drug-likeness (QED) is 0.596. The molecule has 0 aliphatic carbocycles. The van der Waals surface area contributed by atoms with Crippen LogP contribution in [-0.2, 0) is 24.3 Å². The van der Waals surface area contributed by atoms with Crippen LogP contribution in [-0.4, -0.2) is 25.5 Å². The number of pyridine rings is 2. The molecule has 4 aromatic heterocycles. The van der Waals surface area contributed by atoms with Gasteiger partial charge >= 0.3 is 0 Å². The Morgan fingerprint density at radius 1 is 1.26 bits per heavy atom. The summed E-state index contributed by atoms with van der Waals surface area (Å²) in [5, 5.41) is 4.20. The van der Waals surface area contributed by atoms with Gasteiger partial charge in [0.25, 0.3) is 0 Å². The Morgan fingerprint density at radius 3 is 3.04 bits per heavy atom. The van der Waals surface area contributed by atoms with Gasteiger partial charge in [-0.25, -0.2) is 15.0 Å². The van der Waals surface area contributed by atoms with Crippen LogP contribution in [0, 0.1) is 0 Å². The molecule has 5 heterocycles. The van der Waals surface area contributed by atoms with E-state index in [0.717, 1.165) is 34.1 Å². The van der Waals surface area contributed by atoms with E-state index in [1.807, 2.05) is 18.3 Å². The van der Waals surface area contributed by atoms with Gasteiger partial charge in [0, 0.05) is 30.9 Å². The highest BCUT2D eigenvalue weighted by atomic mass is 16.5. The first-order valence-electron chi connectivity index (χ1n) is 8.92. The van der Waals surface area contributed by atoms with Gasteiger partial charge in [0.15, 0.2) is 11.4 Å². The smallest absolute Gasteiger partial charge is 0.229 e. The highest BCUT2D eigenvalue weighted by Gasteiger charge is 2.28. The molecular weight excluding hydrogens is 342 g/mol. The summed E-state index contributed by atoms with van der Waals surface area (Å²) in [6, 6.07) is 6.00. The molecule has 0 atom stereocenters. The number of fused-ring (bicyclic) bond motifs is 4. The van der Waals surface area contributed by atoms with Gasteiger partial charge in [0.1, 0.15) is 11.8 Å². The first-order valence-corrected chi connectivity index (χ1v) is 8.92. The van der Waals surface area contributed by atoms with Crippen molar-refractivity contribution in [3.63, 3.8) is 0 Å². The molecule has 136 valence electrons. The third-order valence-electron chi connectivity index (χ3n) is 4.81. The fraction of sp³-hybridized carbons (Fsp3) is 0.300. The number of nitrogens with one attached hydrogen (secondary N) is 1. The summed E-state index contributed by atoms with van der Waals surface area (Å²) in [6.07, 6.45) is 5.88. The molecule has 7 nitrogen and oxygen atoms in total. The molecule has 1 aliphatic heterocycles. The average Bonchev–Trinajstić information content (AvgIpc) is 3.03. The van der Waals surface area contributed by atoms with E-state index in [1.54, 1.807) is 12.5 Å². The lowest BCUT2D eigenvalue weighted by Crippen LogP contribution is -2.32. The van der Waals surface area contributed by atoms with Gasteiger partial charge in [-0.1, -0.05) is 6.07 Å². The Bertz CT molecular complexity index is 1140. The zero-order valence-corrected chi connectivity index (χ0v) is 15.2. The molecule has 0 saturated carbocycles. The van der Waals surface area contributed by atoms with E-state index in [4.69, 9.17) is 14.1 Å². The van der Waals surface area contributed by atoms with Crippen molar-refractivity contribution < 1.29 is 9.15 Å². The molecule has 0 radical (unpaired) electrons. The first-order chi connectivity index (χ1) is 13.1. The fourth-order valence-electron chi connectivity index (χ4n) is 3.40. The molecule has 27 heavy (non-hydrogen) atoms. The van der Waals surface area contributed by atoms with Crippen LogP contribution < -0.4 is 5.32 Å². The molecule has 0 unspecified atom stereocenters. The predicted octanol–water partition coefficient (Wildman–Crippen LogP) is 3.63. The highest BCUT2D eigenvalue weighted by Crippen LogP contribution is 2.34. The third kappa shape index (κ3) is 2.90. The van der Waals surface area contributed by atoms with Crippen molar-refractivity contribution in [1.29, 1.82) is 0 Å². The van der Waals surface area contributed by atoms with Crippen molar-refractivity contribution >= 4 is 28.0 Å². The van der Waals surface area contributed by atoms with E-state index in [9.17, 15) is 0 Å². The molecule has 4 aromatic rings. The predicted molar refractivity (Wildman–Crippen MR) is 101 cm³/mol. The Kier molecular flexibility index (Phi) is 3.58. The number of hydrogen-bond acceptors (Lipinski definition) is 7. The van der Waals surface area contributed by atoms with Gasteiger partial charge in [0.2, 0.25) is 5.71 Å². The SMILES string of the molecule is CC1(C)Cc2nc3oc4c(NCc5cccnc5)ncnc4c3cc2CO1. The van der Waals surface area contributed by atoms with E-state index in [-0.39, 0.29) is 5.60 Å². The van der Waals surface area contributed by atoms with Gasteiger partial charge in [-0.3, -0.25) is 4.98 Å². The Morgan fingerprint density at radius 2 is 2.19 bits per heavy atom. The molecule has 0 fully saturated rings. The topological polar surface area (TPSA) is 86.0 Å². The lowest BCUT2D eigenvalue weighted by Gasteiger charge is -2.30. The molecule has 0 saturated heterocycles. The van der Waals surface area contributed by atoms with Crippen molar-refractivity contribution in [1.82, 2.24) is 19.9 Å². The number of nitrogens with zero attached hydrogens (tertiary/aromatic N) is 4. The maximum absolute atomic E-state index is 6.05. The van der Waals surface area contributed by atoms with E-state index < -0.39 is 0 Å². The lowest BCUT2D eigenvalue weighted by atomic mass is 9.95. The summed E-state index contributed by atoms with van der Waals surface area (Å²) in [5.41, 5.74) is 4.93. The molecule has 0 aromatic carbocycles. The summed E-state index contributed by atoms with van der Waals surface area (Å²) in [5.74, 6) is 0.649. The molecule has 0 amide bonds. The Hall–Kier alpha value is -3.06. The van der Waals surface area contributed by atoms with Crippen molar-refractivity contribution in [3.8, 4) is 0 Å². The highest BCUT2D eigenvalue weighted by molar-refractivity contribution is 6.04. The van der Waals surface area contributed by atoms with Crippen molar-refractivity contribution in [2.45, 2.75) is 39.0 Å². The number of hydrogen-bond donors (Lipinski definition) is 1. The third-order valence-corrected chi connectivity index (χ3v) is 4.81. The number of anilines is 1. The van der Waals surface area contributed by atoms with Crippen LogP contribution in [0.3, 0.4) is 0 Å². The van der Waals surface area contributed by atoms with Crippen LogP contribution in [0.1, 0.15) is 30.7 Å².